The molecule has 21 heavy (non-hydrogen) atoms. The van der Waals surface area contributed by atoms with Crippen LogP contribution in [-0.2, 0) is 4.79 Å². The van der Waals surface area contributed by atoms with E-state index in [0.29, 0.717) is 25.4 Å². The van der Waals surface area contributed by atoms with Gasteiger partial charge < -0.3 is 14.9 Å². The lowest BCUT2D eigenvalue weighted by atomic mass is 9.85. The summed E-state index contributed by atoms with van der Waals surface area (Å²) in [7, 11) is 0. The van der Waals surface area contributed by atoms with Gasteiger partial charge in [-0.15, -0.1) is 0 Å². The van der Waals surface area contributed by atoms with Crippen LogP contribution < -0.4 is 0 Å². The van der Waals surface area contributed by atoms with E-state index in [2.05, 4.69) is 13.8 Å². The van der Waals surface area contributed by atoms with Gasteiger partial charge in [-0.2, -0.15) is 0 Å². The standard InChI is InChI=1S/C16H28N2O3/c1-3-9-17(10-4-2)16(21)18-13-8-6-5-7-12(13)11-14(18)15(19)20/h12-14H,3-11H2,1-2H3,(H,19,20). The highest BCUT2D eigenvalue weighted by Crippen LogP contribution is 2.40. The van der Waals surface area contributed by atoms with E-state index in [0.717, 1.165) is 32.1 Å². The number of carbonyl (C=O) groups is 2. The van der Waals surface area contributed by atoms with Crippen LogP contribution in [0.25, 0.3) is 0 Å². The number of hydrogen-bond acceptors (Lipinski definition) is 2. The summed E-state index contributed by atoms with van der Waals surface area (Å²) in [6.07, 6.45) is 6.77. The second-order valence-electron chi connectivity index (χ2n) is 6.38. The van der Waals surface area contributed by atoms with Crippen LogP contribution in [0.5, 0.6) is 0 Å². The SMILES string of the molecule is CCCN(CCC)C(=O)N1C(C(=O)O)CC2CCCCC21. The number of carboxylic acids is 1. The summed E-state index contributed by atoms with van der Waals surface area (Å²) in [5, 5.41) is 9.51. The number of hydrogen-bond donors (Lipinski definition) is 1. The van der Waals surface area contributed by atoms with E-state index in [1.54, 1.807) is 4.90 Å². The Morgan fingerprint density at radius 3 is 2.33 bits per heavy atom. The third-order valence-corrected chi connectivity index (χ3v) is 4.85. The molecule has 2 rings (SSSR count). The molecule has 0 aromatic carbocycles. The molecule has 1 saturated heterocycles. The van der Waals surface area contributed by atoms with Crippen LogP contribution in [-0.4, -0.2) is 52.1 Å². The van der Waals surface area contributed by atoms with Crippen molar-refractivity contribution in [2.45, 2.75) is 70.9 Å². The minimum Gasteiger partial charge on any atom is -0.480 e. The third kappa shape index (κ3) is 3.33. The molecule has 1 heterocycles. The summed E-state index contributed by atoms with van der Waals surface area (Å²) in [4.78, 5) is 28.0. The molecule has 1 aliphatic carbocycles. The summed E-state index contributed by atoms with van der Waals surface area (Å²) in [5.74, 6) is -0.459. The Morgan fingerprint density at radius 1 is 1.14 bits per heavy atom. The predicted molar refractivity (Wildman–Crippen MR) is 81.2 cm³/mol. The van der Waals surface area contributed by atoms with E-state index >= 15 is 0 Å². The van der Waals surface area contributed by atoms with Crippen LogP contribution in [0.1, 0.15) is 58.8 Å². The molecule has 2 aliphatic rings. The van der Waals surface area contributed by atoms with E-state index < -0.39 is 12.0 Å². The maximum atomic E-state index is 12.9. The van der Waals surface area contributed by atoms with E-state index in [1.807, 2.05) is 4.90 Å². The Kier molecular flexibility index (Phi) is 5.48. The molecule has 1 aliphatic heterocycles. The van der Waals surface area contributed by atoms with Crippen molar-refractivity contribution in [3.63, 3.8) is 0 Å². The first-order valence-corrected chi connectivity index (χ1v) is 8.40. The number of nitrogens with zero attached hydrogens (tertiary/aromatic N) is 2. The summed E-state index contributed by atoms with van der Waals surface area (Å²) in [5.41, 5.74) is 0. The maximum absolute atomic E-state index is 12.9. The summed E-state index contributed by atoms with van der Waals surface area (Å²) in [6, 6.07) is -0.536. The normalized spacial score (nSPS) is 28.3. The first-order chi connectivity index (χ1) is 10.1. The highest BCUT2D eigenvalue weighted by Gasteiger charge is 2.48. The van der Waals surface area contributed by atoms with Crippen molar-refractivity contribution < 1.29 is 14.7 Å². The monoisotopic (exact) mass is 296 g/mol. The second-order valence-corrected chi connectivity index (χ2v) is 6.38. The minimum absolute atomic E-state index is 0.0551. The van der Waals surface area contributed by atoms with Gasteiger partial charge >= 0.3 is 12.0 Å². The van der Waals surface area contributed by atoms with Crippen molar-refractivity contribution in [1.82, 2.24) is 9.80 Å². The Hall–Kier alpha value is -1.26. The lowest BCUT2D eigenvalue weighted by Crippen LogP contribution is -2.52. The van der Waals surface area contributed by atoms with Gasteiger partial charge in [-0.1, -0.05) is 26.7 Å². The quantitative estimate of drug-likeness (QED) is 0.848. The van der Waals surface area contributed by atoms with Crippen molar-refractivity contribution in [3.8, 4) is 0 Å². The molecular weight excluding hydrogens is 268 g/mol. The zero-order chi connectivity index (χ0) is 15.4. The zero-order valence-corrected chi connectivity index (χ0v) is 13.3. The van der Waals surface area contributed by atoms with Crippen LogP contribution in [0.4, 0.5) is 4.79 Å². The Morgan fingerprint density at radius 2 is 1.76 bits per heavy atom. The van der Waals surface area contributed by atoms with Gasteiger partial charge in [-0.25, -0.2) is 9.59 Å². The van der Waals surface area contributed by atoms with Crippen molar-refractivity contribution in [2.75, 3.05) is 13.1 Å². The fourth-order valence-corrected chi connectivity index (χ4v) is 3.96. The first-order valence-electron chi connectivity index (χ1n) is 8.40. The highest BCUT2D eigenvalue weighted by atomic mass is 16.4. The summed E-state index contributed by atoms with van der Waals surface area (Å²) < 4.78 is 0. The Balaban J connectivity index is 2.19. The lowest BCUT2D eigenvalue weighted by Gasteiger charge is -2.36. The molecule has 1 N–H and O–H groups in total. The molecule has 2 amide bonds. The van der Waals surface area contributed by atoms with Gasteiger partial charge in [0.1, 0.15) is 6.04 Å². The molecule has 0 spiro atoms. The summed E-state index contributed by atoms with van der Waals surface area (Å²) >= 11 is 0. The molecule has 1 saturated carbocycles. The Bertz CT molecular complexity index is 380. The Labute approximate surface area is 127 Å². The fraction of sp³-hybridized carbons (Fsp3) is 0.875. The first kappa shape index (κ1) is 16.1. The predicted octanol–water partition coefficient (Wildman–Crippen LogP) is 2.95. The molecule has 3 unspecified atom stereocenters. The molecule has 120 valence electrons. The van der Waals surface area contributed by atoms with E-state index in [4.69, 9.17) is 0 Å². The van der Waals surface area contributed by atoms with Crippen LogP contribution in [0.2, 0.25) is 0 Å². The van der Waals surface area contributed by atoms with Crippen molar-refractivity contribution in [3.05, 3.63) is 0 Å². The third-order valence-electron chi connectivity index (χ3n) is 4.85. The average Bonchev–Trinajstić information content (AvgIpc) is 2.86. The number of carboxylic acid groups (broad SMARTS) is 1. The largest absolute Gasteiger partial charge is 0.480 e. The van der Waals surface area contributed by atoms with Gasteiger partial charge in [-0.3, -0.25) is 0 Å². The number of aliphatic carboxylic acids is 1. The van der Waals surface area contributed by atoms with E-state index in [1.165, 1.54) is 6.42 Å². The van der Waals surface area contributed by atoms with Crippen LogP contribution in [0.3, 0.4) is 0 Å². The van der Waals surface area contributed by atoms with Crippen molar-refractivity contribution >= 4 is 12.0 Å². The second kappa shape index (κ2) is 7.14. The fourth-order valence-electron chi connectivity index (χ4n) is 3.96. The highest BCUT2D eigenvalue weighted by molar-refractivity contribution is 5.84. The molecule has 3 atom stereocenters. The van der Waals surface area contributed by atoms with Crippen LogP contribution in [0.15, 0.2) is 0 Å². The van der Waals surface area contributed by atoms with Gasteiger partial charge in [0.25, 0.3) is 0 Å². The topological polar surface area (TPSA) is 60.9 Å². The van der Waals surface area contributed by atoms with Gasteiger partial charge in [0.15, 0.2) is 0 Å². The van der Waals surface area contributed by atoms with E-state index in [-0.39, 0.29) is 12.1 Å². The minimum atomic E-state index is -0.842. The molecule has 0 bridgehead atoms. The molecule has 0 aromatic rings. The molecule has 0 radical (unpaired) electrons. The number of amides is 2. The van der Waals surface area contributed by atoms with Gasteiger partial charge in [0, 0.05) is 19.1 Å². The number of fused-ring (bicyclic) bond motifs is 1. The number of rotatable bonds is 5. The van der Waals surface area contributed by atoms with E-state index in [9.17, 15) is 14.7 Å². The molecular formula is C16H28N2O3. The molecule has 0 aromatic heterocycles. The lowest BCUT2D eigenvalue weighted by molar-refractivity contribution is -0.141. The van der Waals surface area contributed by atoms with Crippen molar-refractivity contribution in [2.24, 2.45) is 5.92 Å². The van der Waals surface area contributed by atoms with Gasteiger partial charge in [0.2, 0.25) is 0 Å². The molecule has 5 heteroatoms. The molecule has 2 fully saturated rings. The number of carbonyl (C=O) groups excluding carboxylic acids is 1. The van der Waals surface area contributed by atoms with Crippen molar-refractivity contribution in [1.29, 1.82) is 0 Å². The van der Waals surface area contributed by atoms with Gasteiger partial charge in [0.05, 0.1) is 0 Å². The van der Waals surface area contributed by atoms with Crippen LogP contribution in [0, 0.1) is 5.92 Å². The summed E-state index contributed by atoms with van der Waals surface area (Å²) in [6.45, 7) is 5.54. The zero-order valence-electron chi connectivity index (χ0n) is 13.3. The van der Waals surface area contributed by atoms with Crippen LogP contribution >= 0.6 is 0 Å². The number of urea groups is 1. The number of likely N-dealkylation sites (tertiary alicyclic amines) is 1. The molecule has 5 nitrogen and oxygen atoms in total. The van der Waals surface area contributed by atoms with Gasteiger partial charge in [-0.05, 0) is 38.0 Å². The maximum Gasteiger partial charge on any atom is 0.326 e. The average molecular weight is 296 g/mol. The smallest absolute Gasteiger partial charge is 0.326 e.